The highest BCUT2D eigenvalue weighted by molar-refractivity contribution is 5.96. The Balaban J connectivity index is 0.00000242. The van der Waals surface area contributed by atoms with Gasteiger partial charge in [-0.3, -0.25) is 9.59 Å². The molecule has 0 fully saturated rings. The van der Waals surface area contributed by atoms with Gasteiger partial charge in [0, 0.05) is 11.3 Å². The number of likely N-dealkylation sites (N-methyl/N-ethyl adjacent to an activating group) is 1. The molecule has 0 atom stereocenters. The Bertz CT molecular complexity index is 605. The molecule has 0 saturated heterocycles. The largest absolute Gasteiger partial charge is 1.00 e. The molecule has 1 heterocycles. The molecule has 0 radical (unpaired) electrons. The first kappa shape index (κ1) is 19.0. The molecule has 0 aromatic carbocycles. The summed E-state index contributed by atoms with van der Waals surface area (Å²) in [5, 5.41) is 13.0. The number of hydrogen-bond acceptors (Lipinski definition) is 3. The molecule has 7 heteroatoms. The molecule has 1 amide bonds. The van der Waals surface area contributed by atoms with Gasteiger partial charge in [-0.1, -0.05) is 0 Å². The van der Waals surface area contributed by atoms with Gasteiger partial charge in [0.15, 0.2) is 0 Å². The van der Waals surface area contributed by atoms with Crippen molar-refractivity contribution in [1.82, 2.24) is 10.3 Å². The van der Waals surface area contributed by atoms with Crippen LogP contribution in [-0.2, 0) is 12.8 Å². The fourth-order valence-corrected chi connectivity index (χ4v) is 2.57. The number of aromatic hydroxyl groups is 1. The Hall–Kier alpha value is -1.09. The molecule has 0 aliphatic heterocycles. The SMILES string of the molecule is C[N+](C)(C)CCNC(=O)c1c(O)c2c([nH]c1=O)CCCC2.[I-]. The molecule has 6 nitrogen and oxygen atoms in total. The average Bonchev–Trinajstić information content (AvgIpc) is 2.37. The number of aryl methyl sites for hydroxylation is 1. The average molecular weight is 421 g/mol. The number of halogens is 1. The Morgan fingerprint density at radius 1 is 1.27 bits per heavy atom. The van der Waals surface area contributed by atoms with Crippen LogP contribution in [0.4, 0.5) is 0 Å². The fraction of sp³-hybridized carbons (Fsp3) is 0.600. The summed E-state index contributed by atoms with van der Waals surface area (Å²) in [5.74, 6) is -0.647. The number of nitrogens with zero attached hydrogens (tertiary/aromatic N) is 1. The molecular formula is C15H24IN3O3. The molecule has 1 aliphatic carbocycles. The maximum Gasteiger partial charge on any atom is 0.264 e. The van der Waals surface area contributed by atoms with Gasteiger partial charge in [0.2, 0.25) is 0 Å². The van der Waals surface area contributed by atoms with Crippen molar-refractivity contribution in [2.75, 3.05) is 34.2 Å². The van der Waals surface area contributed by atoms with E-state index in [1.807, 2.05) is 21.1 Å². The lowest BCUT2D eigenvalue weighted by Gasteiger charge is -2.24. The zero-order chi connectivity index (χ0) is 15.6. The van der Waals surface area contributed by atoms with Crippen molar-refractivity contribution in [3.8, 4) is 5.75 Å². The maximum absolute atomic E-state index is 12.2. The van der Waals surface area contributed by atoms with Crippen LogP contribution in [0.5, 0.6) is 5.75 Å². The highest BCUT2D eigenvalue weighted by atomic mass is 127. The van der Waals surface area contributed by atoms with Gasteiger partial charge in [-0.25, -0.2) is 0 Å². The highest BCUT2D eigenvalue weighted by Crippen LogP contribution is 2.28. The third kappa shape index (κ3) is 4.45. The van der Waals surface area contributed by atoms with Crippen LogP contribution >= 0.6 is 0 Å². The Morgan fingerprint density at radius 2 is 1.91 bits per heavy atom. The minimum Gasteiger partial charge on any atom is -1.00 e. The molecule has 3 N–H and O–H groups in total. The normalized spacial score (nSPS) is 14.0. The minimum atomic E-state index is -0.504. The summed E-state index contributed by atoms with van der Waals surface area (Å²) in [6, 6.07) is 0. The lowest BCUT2D eigenvalue weighted by Crippen LogP contribution is -3.00. The molecule has 1 aromatic heterocycles. The summed E-state index contributed by atoms with van der Waals surface area (Å²) in [6.45, 7) is 1.20. The minimum absolute atomic E-state index is 0. The van der Waals surface area contributed by atoms with Crippen LogP contribution in [0.1, 0.15) is 34.5 Å². The lowest BCUT2D eigenvalue weighted by molar-refractivity contribution is -0.869. The van der Waals surface area contributed by atoms with Crippen LogP contribution in [0.25, 0.3) is 0 Å². The summed E-state index contributed by atoms with van der Waals surface area (Å²) in [6.07, 6.45) is 3.42. The Labute approximate surface area is 147 Å². The molecule has 0 spiro atoms. The second-order valence-corrected chi connectivity index (χ2v) is 6.61. The van der Waals surface area contributed by atoms with Crippen molar-refractivity contribution in [3.05, 3.63) is 27.2 Å². The third-order valence-electron chi connectivity index (χ3n) is 3.78. The number of nitrogens with one attached hydrogen (secondary N) is 2. The fourth-order valence-electron chi connectivity index (χ4n) is 2.57. The van der Waals surface area contributed by atoms with E-state index in [0.717, 1.165) is 37.1 Å². The van der Waals surface area contributed by atoms with Crippen molar-refractivity contribution >= 4 is 5.91 Å². The van der Waals surface area contributed by atoms with Gasteiger partial charge in [-0.2, -0.15) is 0 Å². The molecule has 0 saturated carbocycles. The number of carbonyl (C=O) groups is 1. The Kier molecular flexibility index (Phi) is 6.42. The number of rotatable bonds is 4. The maximum atomic E-state index is 12.2. The van der Waals surface area contributed by atoms with Crippen molar-refractivity contribution in [2.45, 2.75) is 25.7 Å². The second-order valence-electron chi connectivity index (χ2n) is 6.61. The van der Waals surface area contributed by atoms with Gasteiger partial charge in [0.05, 0.1) is 34.2 Å². The van der Waals surface area contributed by atoms with Crippen LogP contribution in [0, 0.1) is 0 Å². The van der Waals surface area contributed by atoms with E-state index in [9.17, 15) is 14.7 Å². The van der Waals surface area contributed by atoms with Gasteiger partial charge in [0.1, 0.15) is 11.3 Å². The number of H-pyrrole nitrogens is 1. The number of hydrogen-bond donors (Lipinski definition) is 3. The molecule has 2 rings (SSSR count). The summed E-state index contributed by atoms with van der Waals surface area (Å²) in [4.78, 5) is 26.9. The van der Waals surface area contributed by atoms with E-state index in [0.29, 0.717) is 17.4 Å². The smallest absolute Gasteiger partial charge is 0.264 e. The van der Waals surface area contributed by atoms with Crippen LogP contribution in [-0.4, -0.2) is 54.7 Å². The van der Waals surface area contributed by atoms with Crippen molar-refractivity contribution < 1.29 is 38.4 Å². The Morgan fingerprint density at radius 3 is 2.55 bits per heavy atom. The van der Waals surface area contributed by atoms with E-state index in [-0.39, 0.29) is 35.3 Å². The molecule has 1 aromatic rings. The number of pyridine rings is 1. The van der Waals surface area contributed by atoms with Crippen LogP contribution in [0.3, 0.4) is 0 Å². The number of fused-ring (bicyclic) bond motifs is 1. The molecule has 1 aliphatic rings. The number of carbonyl (C=O) groups excluding carboxylic acids is 1. The summed E-state index contributed by atoms with van der Waals surface area (Å²) in [5.41, 5.74) is 0.831. The topological polar surface area (TPSA) is 82.2 Å². The third-order valence-corrected chi connectivity index (χ3v) is 3.78. The van der Waals surface area contributed by atoms with E-state index >= 15 is 0 Å². The van der Waals surface area contributed by atoms with E-state index in [4.69, 9.17) is 0 Å². The van der Waals surface area contributed by atoms with E-state index in [2.05, 4.69) is 10.3 Å². The van der Waals surface area contributed by atoms with Crippen molar-refractivity contribution in [3.63, 3.8) is 0 Å². The first-order valence-corrected chi connectivity index (χ1v) is 7.35. The monoisotopic (exact) mass is 421 g/mol. The quantitative estimate of drug-likeness (QED) is 0.369. The van der Waals surface area contributed by atoms with E-state index in [1.54, 1.807) is 0 Å². The molecule has 22 heavy (non-hydrogen) atoms. The lowest BCUT2D eigenvalue weighted by atomic mass is 9.93. The second kappa shape index (κ2) is 7.45. The standard InChI is InChI=1S/C15H23N3O3.HI/c1-18(2,3)9-8-16-14(20)12-13(19)10-6-4-5-7-11(10)17-15(12)21;/h4-9H2,1-3H3,(H2-,16,17,19,20,21);1H. The predicted molar refractivity (Wildman–Crippen MR) is 80.6 cm³/mol. The van der Waals surface area contributed by atoms with Crippen molar-refractivity contribution in [2.24, 2.45) is 0 Å². The van der Waals surface area contributed by atoms with Gasteiger partial charge >= 0.3 is 0 Å². The molecule has 0 unspecified atom stereocenters. The molecule has 0 bridgehead atoms. The van der Waals surface area contributed by atoms with Crippen molar-refractivity contribution in [1.29, 1.82) is 0 Å². The van der Waals surface area contributed by atoms with Gasteiger partial charge in [0.25, 0.3) is 11.5 Å². The van der Waals surface area contributed by atoms with Crippen LogP contribution < -0.4 is 34.9 Å². The van der Waals surface area contributed by atoms with Crippen LogP contribution in [0.2, 0.25) is 0 Å². The van der Waals surface area contributed by atoms with Gasteiger partial charge < -0.3 is 43.9 Å². The van der Waals surface area contributed by atoms with Gasteiger partial charge in [-0.15, -0.1) is 0 Å². The number of aromatic nitrogens is 1. The zero-order valence-electron chi connectivity index (χ0n) is 13.3. The van der Waals surface area contributed by atoms with E-state index in [1.165, 1.54) is 0 Å². The van der Waals surface area contributed by atoms with Crippen LogP contribution in [0.15, 0.2) is 4.79 Å². The van der Waals surface area contributed by atoms with E-state index < -0.39 is 11.5 Å². The first-order chi connectivity index (χ1) is 9.79. The predicted octanol–water partition coefficient (Wildman–Crippen LogP) is -2.60. The van der Waals surface area contributed by atoms with Gasteiger partial charge in [-0.05, 0) is 25.7 Å². The first-order valence-electron chi connectivity index (χ1n) is 7.35. The molecule has 124 valence electrons. The zero-order valence-corrected chi connectivity index (χ0v) is 15.5. The summed E-state index contributed by atoms with van der Waals surface area (Å²) >= 11 is 0. The summed E-state index contributed by atoms with van der Waals surface area (Å²) < 4.78 is 0.715. The molecular weight excluding hydrogens is 397 g/mol. The summed E-state index contributed by atoms with van der Waals surface area (Å²) in [7, 11) is 6.07. The number of quaternary nitrogens is 1. The highest BCUT2D eigenvalue weighted by Gasteiger charge is 2.24. The number of amides is 1. The number of aromatic amines is 1.